The van der Waals surface area contributed by atoms with Crippen molar-refractivity contribution in [1.29, 1.82) is 0 Å². The summed E-state index contributed by atoms with van der Waals surface area (Å²) in [7, 11) is 3.31. The highest BCUT2D eigenvalue weighted by Crippen LogP contribution is 2.29. The minimum absolute atomic E-state index is 0.118. The molecule has 34 heavy (non-hydrogen) atoms. The van der Waals surface area contributed by atoms with Crippen molar-refractivity contribution in [3.8, 4) is 11.5 Å². The van der Waals surface area contributed by atoms with Crippen LogP contribution < -0.4 is 19.7 Å². The van der Waals surface area contributed by atoms with E-state index in [4.69, 9.17) is 21.1 Å². The Kier molecular flexibility index (Phi) is 8.26. The van der Waals surface area contributed by atoms with Gasteiger partial charge in [0.1, 0.15) is 0 Å². The lowest BCUT2D eigenvalue weighted by molar-refractivity contribution is 0.0951. The normalized spacial score (nSPS) is 14.5. The molecule has 4 rings (SSSR count). The van der Waals surface area contributed by atoms with Crippen LogP contribution in [0, 0.1) is 0 Å². The number of benzene rings is 2. The van der Waals surface area contributed by atoms with Crippen LogP contribution in [0.4, 0.5) is 5.13 Å². The zero-order chi connectivity index (χ0) is 23.9. The number of nitrogens with zero attached hydrogens (tertiary/aromatic N) is 3. The molecule has 180 valence electrons. The molecule has 2 aromatic carbocycles. The number of methoxy groups -OCH3 is 2. The fourth-order valence-electron chi connectivity index (χ4n) is 3.95. The monoisotopic (exact) mass is 500 g/mol. The van der Waals surface area contributed by atoms with Gasteiger partial charge in [-0.05, 0) is 48.4 Å². The Morgan fingerprint density at radius 3 is 2.62 bits per heavy atom. The largest absolute Gasteiger partial charge is 0.493 e. The lowest BCUT2D eigenvalue weighted by atomic mass is 10.2. The van der Waals surface area contributed by atoms with E-state index in [0.717, 1.165) is 60.7 Å². The number of thiazole rings is 1. The summed E-state index contributed by atoms with van der Waals surface area (Å²) in [6.45, 7) is 5.19. The number of ether oxygens (including phenoxy) is 2. The van der Waals surface area contributed by atoms with Gasteiger partial charge in [0, 0.05) is 54.4 Å². The lowest BCUT2D eigenvalue weighted by Crippen LogP contribution is -2.30. The van der Waals surface area contributed by atoms with Gasteiger partial charge in [-0.15, -0.1) is 11.3 Å². The second kappa shape index (κ2) is 11.6. The summed E-state index contributed by atoms with van der Waals surface area (Å²) in [5.74, 6) is 1.39. The van der Waals surface area contributed by atoms with Gasteiger partial charge in [-0.2, -0.15) is 0 Å². The zero-order valence-electron chi connectivity index (χ0n) is 19.4. The van der Waals surface area contributed by atoms with Gasteiger partial charge in [0.15, 0.2) is 16.6 Å². The van der Waals surface area contributed by atoms with Crippen LogP contribution in [0.5, 0.6) is 11.5 Å². The van der Waals surface area contributed by atoms with E-state index in [1.807, 2.05) is 18.3 Å². The van der Waals surface area contributed by atoms with Gasteiger partial charge in [0.25, 0.3) is 5.91 Å². The molecule has 0 saturated carbocycles. The molecule has 1 aromatic heterocycles. The van der Waals surface area contributed by atoms with E-state index in [-0.39, 0.29) is 5.91 Å². The number of aromatic nitrogens is 1. The molecule has 1 N–H and O–H groups in total. The Bertz CT molecular complexity index is 1110. The molecule has 1 fully saturated rings. The number of carbonyl (C=O) groups is 1. The van der Waals surface area contributed by atoms with E-state index < -0.39 is 0 Å². The second-order valence-electron chi connectivity index (χ2n) is 8.10. The highest BCUT2D eigenvalue weighted by atomic mass is 35.5. The van der Waals surface area contributed by atoms with E-state index in [1.54, 1.807) is 49.8 Å². The van der Waals surface area contributed by atoms with Crippen molar-refractivity contribution >= 4 is 34.0 Å². The summed E-state index contributed by atoms with van der Waals surface area (Å²) in [4.78, 5) is 22.8. The number of hydrogen-bond acceptors (Lipinski definition) is 7. The van der Waals surface area contributed by atoms with Crippen molar-refractivity contribution in [2.45, 2.75) is 19.5 Å². The van der Waals surface area contributed by atoms with Crippen LogP contribution in [0.25, 0.3) is 0 Å². The minimum Gasteiger partial charge on any atom is -0.493 e. The average molecular weight is 501 g/mol. The maximum absolute atomic E-state index is 12.3. The molecule has 0 atom stereocenters. The number of carbonyl (C=O) groups excluding carboxylic acids is 1. The summed E-state index contributed by atoms with van der Waals surface area (Å²) in [6, 6.07) is 13.0. The van der Waals surface area contributed by atoms with Crippen LogP contribution in [0.15, 0.2) is 48.7 Å². The third-order valence-corrected chi connectivity index (χ3v) is 7.09. The third kappa shape index (κ3) is 6.20. The van der Waals surface area contributed by atoms with Gasteiger partial charge in [0.2, 0.25) is 0 Å². The molecular weight excluding hydrogens is 472 g/mol. The summed E-state index contributed by atoms with van der Waals surface area (Å²) < 4.78 is 10.8. The topological polar surface area (TPSA) is 66.9 Å². The van der Waals surface area contributed by atoms with Crippen molar-refractivity contribution in [2.24, 2.45) is 0 Å². The standard InChI is InChI=1S/C25H29ClN4O3S/c1-32-22-9-4-18(14-23(22)33-2)17-29-10-3-11-30(13-12-29)25-28-16-21(34-25)15-27-24(31)19-5-7-20(26)8-6-19/h4-9,14,16H,3,10-13,15,17H2,1-2H3,(H,27,31). The fraction of sp³-hybridized carbons (Fsp3) is 0.360. The maximum Gasteiger partial charge on any atom is 0.251 e. The van der Waals surface area contributed by atoms with Crippen molar-refractivity contribution < 1.29 is 14.3 Å². The molecule has 3 aromatic rings. The highest BCUT2D eigenvalue weighted by Gasteiger charge is 2.18. The third-order valence-electron chi connectivity index (χ3n) is 5.78. The molecule has 0 bridgehead atoms. The predicted octanol–water partition coefficient (Wildman–Crippen LogP) is 4.46. The molecule has 0 spiro atoms. The Morgan fingerprint density at radius 2 is 1.85 bits per heavy atom. The van der Waals surface area contributed by atoms with Crippen LogP contribution in [0.2, 0.25) is 5.02 Å². The average Bonchev–Trinajstić information content (AvgIpc) is 3.21. The Labute approximate surface area is 209 Å². The minimum atomic E-state index is -0.118. The number of anilines is 1. The predicted molar refractivity (Wildman–Crippen MR) is 136 cm³/mol. The first-order chi connectivity index (χ1) is 16.6. The summed E-state index contributed by atoms with van der Waals surface area (Å²) in [6.07, 6.45) is 2.92. The van der Waals surface area contributed by atoms with E-state index in [1.165, 1.54) is 5.56 Å². The quantitative estimate of drug-likeness (QED) is 0.492. The molecule has 0 unspecified atom stereocenters. The van der Waals surface area contributed by atoms with Crippen molar-refractivity contribution in [3.05, 3.63) is 69.7 Å². The first-order valence-corrected chi connectivity index (χ1v) is 12.4. The number of halogens is 1. The van der Waals surface area contributed by atoms with Crippen molar-refractivity contribution in [2.75, 3.05) is 45.3 Å². The van der Waals surface area contributed by atoms with E-state index in [2.05, 4.69) is 26.2 Å². The summed E-state index contributed by atoms with van der Waals surface area (Å²) in [5.41, 5.74) is 1.80. The van der Waals surface area contributed by atoms with Crippen LogP contribution in [-0.2, 0) is 13.1 Å². The fourth-order valence-corrected chi connectivity index (χ4v) is 4.98. The van der Waals surface area contributed by atoms with Crippen LogP contribution in [0.3, 0.4) is 0 Å². The van der Waals surface area contributed by atoms with Crippen LogP contribution >= 0.6 is 22.9 Å². The van der Waals surface area contributed by atoms with Gasteiger partial charge >= 0.3 is 0 Å². The first kappa shape index (κ1) is 24.3. The molecule has 1 aliphatic heterocycles. The first-order valence-electron chi connectivity index (χ1n) is 11.2. The zero-order valence-corrected chi connectivity index (χ0v) is 21.0. The maximum atomic E-state index is 12.3. The number of amides is 1. The molecule has 1 amide bonds. The van der Waals surface area contributed by atoms with E-state index in [9.17, 15) is 4.79 Å². The molecule has 0 aliphatic carbocycles. The van der Waals surface area contributed by atoms with Crippen LogP contribution in [0.1, 0.15) is 27.2 Å². The summed E-state index contributed by atoms with van der Waals surface area (Å²) >= 11 is 7.53. The number of nitrogens with one attached hydrogen (secondary N) is 1. The van der Waals surface area contributed by atoms with Crippen molar-refractivity contribution in [1.82, 2.24) is 15.2 Å². The van der Waals surface area contributed by atoms with Gasteiger partial charge in [-0.3, -0.25) is 9.69 Å². The molecule has 1 aliphatic rings. The van der Waals surface area contributed by atoms with Crippen molar-refractivity contribution in [3.63, 3.8) is 0 Å². The van der Waals surface area contributed by atoms with Gasteiger partial charge < -0.3 is 19.7 Å². The Balaban J connectivity index is 1.30. The van der Waals surface area contributed by atoms with Gasteiger partial charge in [-0.25, -0.2) is 4.98 Å². The molecule has 7 nitrogen and oxygen atoms in total. The number of rotatable bonds is 8. The second-order valence-corrected chi connectivity index (χ2v) is 9.63. The molecule has 9 heteroatoms. The Hall–Kier alpha value is -2.81. The molecule has 2 heterocycles. The molecule has 0 radical (unpaired) electrons. The highest BCUT2D eigenvalue weighted by molar-refractivity contribution is 7.15. The Morgan fingerprint density at radius 1 is 1.06 bits per heavy atom. The smallest absolute Gasteiger partial charge is 0.251 e. The van der Waals surface area contributed by atoms with E-state index >= 15 is 0 Å². The van der Waals surface area contributed by atoms with E-state index in [0.29, 0.717) is 17.1 Å². The molecular formula is C25H29ClN4O3S. The molecule has 1 saturated heterocycles. The lowest BCUT2D eigenvalue weighted by Gasteiger charge is -2.22. The van der Waals surface area contributed by atoms with Gasteiger partial charge in [0.05, 0.1) is 20.8 Å². The number of hydrogen-bond donors (Lipinski definition) is 1. The van der Waals surface area contributed by atoms with Gasteiger partial charge in [-0.1, -0.05) is 17.7 Å². The summed E-state index contributed by atoms with van der Waals surface area (Å²) in [5, 5.41) is 4.58. The SMILES string of the molecule is COc1ccc(CN2CCCN(c3ncc(CNC(=O)c4ccc(Cl)cc4)s3)CC2)cc1OC. The van der Waals surface area contributed by atoms with Crippen LogP contribution in [-0.4, -0.2) is 56.2 Å².